The molecule has 2 nitrogen and oxygen atoms in total. The van der Waals surface area contributed by atoms with Gasteiger partial charge in [-0.25, -0.2) is 8.78 Å². The number of nitrogens with one attached hydrogen (secondary N) is 1. The van der Waals surface area contributed by atoms with Gasteiger partial charge >= 0.3 is 0 Å². The second kappa shape index (κ2) is 10.3. The van der Waals surface area contributed by atoms with Crippen LogP contribution in [0.25, 0.3) is 11.6 Å². The van der Waals surface area contributed by atoms with Gasteiger partial charge in [0.15, 0.2) is 11.6 Å². The van der Waals surface area contributed by atoms with Crippen LogP contribution in [0.1, 0.15) is 73.1 Å². The number of carbonyl (C=O) groups excluding carboxylic acids is 1. The largest absolute Gasteiger partial charge is 0.352 e. The molecule has 2 aromatic rings. The van der Waals surface area contributed by atoms with Gasteiger partial charge in [-0.15, -0.1) is 0 Å². The number of amides is 1. The van der Waals surface area contributed by atoms with Crippen molar-refractivity contribution in [3.05, 3.63) is 93.6 Å². The van der Waals surface area contributed by atoms with Crippen molar-refractivity contribution in [2.45, 2.75) is 52.4 Å². The van der Waals surface area contributed by atoms with Crippen molar-refractivity contribution in [2.24, 2.45) is 5.92 Å². The lowest BCUT2D eigenvalue weighted by Gasteiger charge is -2.22. The van der Waals surface area contributed by atoms with Gasteiger partial charge in [0.05, 0.1) is 5.56 Å². The zero-order valence-electron chi connectivity index (χ0n) is 19.4. The molecular weight excluding hydrogens is 416 g/mol. The molecule has 1 N–H and O–H groups in total. The quantitative estimate of drug-likeness (QED) is 0.468. The number of hydrogen-bond acceptors (Lipinski definition) is 1. The smallest absolute Gasteiger partial charge is 0.254 e. The molecule has 0 unspecified atom stereocenters. The van der Waals surface area contributed by atoms with Crippen LogP contribution in [0.3, 0.4) is 0 Å². The van der Waals surface area contributed by atoms with E-state index in [1.165, 1.54) is 23.6 Å². The van der Waals surface area contributed by atoms with Gasteiger partial charge < -0.3 is 5.32 Å². The Balaban J connectivity index is 0.00000324. The van der Waals surface area contributed by atoms with Gasteiger partial charge in [-0.1, -0.05) is 73.4 Å². The summed E-state index contributed by atoms with van der Waals surface area (Å²) in [5, 5.41) is 2.82. The third-order valence-corrected chi connectivity index (χ3v) is 6.60. The second-order valence-corrected chi connectivity index (χ2v) is 9.21. The summed E-state index contributed by atoms with van der Waals surface area (Å²) in [6.45, 7) is 4.38. The van der Waals surface area contributed by atoms with Crippen LogP contribution in [-0.4, -0.2) is 12.5 Å². The van der Waals surface area contributed by atoms with Gasteiger partial charge in [-0.3, -0.25) is 4.79 Å². The highest BCUT2D eigenvalue weighted by Gasteiger charge is 2.25. The van der Waals surface area contributed by atoms with Crippen molar-refractivity contribution < 1.29 is 15.0 Å². The van der Waals surface area contributed by atoms with E-state index in [9.17, 15) is 9.18 Å². The number of benzene rings is 2. The minimum Gasteiger partial charge on any atom is -0.352 e. The van der Waals surface area contributed by atoms with Crippen LogP contribution >= 0.6 is 0 Å². The van der Waals surface area contributed by atoms with Crippen molar-refractivity contribution in [3.63, 3.8) is 0 Å². The van der Waals surface area contributed by atoms with Gasteiger partial charge in [0.2, 0.25) is 0 Å². The Labute approximate surface area is 196 Å². The number of allylic oxidation sites excluding steroid dienone is 5. The molecule has 0 heterocycles. The monoisotopic (exact) mass is 449 g/mol. The van der Waals surface area contributed by atoms with Gasteiger partial charge in [-0.2, -0.15) is 0 Å². The standard InChI is InChI=1S/C29H31F2NO.H2/c1-3-7-23-17-25(29(33)32-18-21-8-5-4-6-9-21)27(30)28(31)26(23)24-15-22(16-24)14-20-12-10-19(2)11-13-20;/h3,7,10-13,15-17,21H,4-6,8-9,14,18H2,1-2H3,(H,32,33);1H/b7-3+;. The summed E-state index contributed by atoms with van der Waals surface area (Å²) in [7, 11) is 0. The minimum atomic E-state index is -1.08. The first kappa shape index (κ1) is 23.2. The van der Waals surface area contributed by atoms with Crippen LogP contribution < -0.4 is 5.32 Å². The molecule has 0 aliphatic heterocycles. The normalized spacial score (nSPS) is 16.4. The molecule has 1 saturated carbocycles. The third kappa shape index (κ3) is 5.32. The van der Waals surface area contributed by atoms with Crippen molar-refractivity contribution >= 4 is 17.6 Å². The molecule has 4 rings (SSSR count). The summed E-state index contributed by atoms with van der Waals surface area (Å²) in [5.74, 6) is -2.18. The Hall–Kier alpha value is -3.01. The van der Waals surface area contributed by atoms with Crippen molar-refractivity contribution in [1.29, 1.82) is 0 Å². The van der Waals surface area contributed by atoms with Gasteiger partial charge in [0.25, 0.3) is 5.91 Å². The number of halogens is 2. The highest BCUT2D eigenvalue weighted by molar-refractivity contribution is 5.97. The number of carbonyl (C=O) groups is 1. The fourth-order valence-electron chi connectivity index (χ4n) is 4.71. The first-order chi connectivity index (χ1) is 16.0. The van der Waals surface area contributed by atoms with E-state index in [2.05, 4.69) is 29.6 Å². The minimum absolute atomic E-state index is 0. The Morgan fingerprint density at radius 2 is 1.79 bits per heavy atom. The number of hydrogen-bond donors (Lipinski definition) is 1. The van der Waals surface area contributed by atoms with E-state index in [1.807, 2.05) is 26.0 Å². The van der Waals surface area contributed by atoms with E-state index >= 15 is 4.39 Å². The summed E-state index contributed by atoms with van der Waals surface area (Å²) in [5.41, 5.74) is 4.58. The fourth-order valence-corrected chi connectivity index (χ4v) is 4.71. The predicted octanol–water partition coefficient (Wildman–Crippen LogP) is 7.43. The average Bonchev–Trinajstić information content (AvgIpc) is 2.80. The molecule has 174 valence electrons. The van der Waals surface area contributed by atoms with Crippen LogP contribution in [0.15, 0.2) is 54.1 Å². The van der Waals surface area contributed by atoms with Gasteiger partial charge in [0, 0.05) is 13.5 Å². The Kier molecular flexibility index (Phi) is 7.22. The summed E-state index contributed by atoms with van der Waals surface area (Å²) in [4.78, 5) is 12.7. The summed E-state index contributed by atoms with van der Waals surface area (Å²) >= 11 is 0. The lowest BCUT2D eigenvalue weighted by atomic mass is 9.85. The molecule has 33 heavy (non-hydrogen) atoms. The van der Waals surface area contributed by atoms with E-state index in [-0.39, 0.29) is 12.6 Å². The van der Waals surface area contributed by atoms with Gasteiger partial charge in [0.1, 0.15) is 0 Å². The van der Waals surface area contributed by atoms with Crippen LogP contribution in [0, 0.1) is 24.5 Å². The molecule has 0 radical (unpaired) electrons. The molecule has 1 fully saturated rings. The molecule has 4 heteroatoms. The molecule has 2 aromatic carbocycles. The van der Waals surface area contributed by atoms with Crippen LogP contribution in [0.4, 0.5) is 8.78 Å². The predicted molar refractivity (Wildman–Crippen MR) is 133 cm³/mol. The topological polar surface area (TPSA) is 29.1 Å². The summed E-state index contributed by atoms with van der Waals surface area (Å²) < 4.78 is 30.2. The van der Waals surface area contributed by atoms with E-state index in [0.29, 0.717) is 23.6 Å². The third-order valence-electron chi connectivity index (χ3n) is 6.60. The van der Waals surface area contributed by atoms with E-state index < -0.39 is 17.5 Å². The fraction of sp³-hybridized carbons (Fsp3) is 0.345. The van der Waals surface area contributed by atoms with Crippen LogP contribution in [0.5, 0.6) is 0 Å². The lowest BCUT2D eigenvalue weighted by Crippen LogP contribution is -2.31. The van der Waals surface area contributed by atoms with Crippen molar-refractivity contribution in [2.75, 3.05) is 6.54 Å². The second-order valence-electron chi connectivity index (χ2n) is 9.21. The van der Waals surface area contributed by atoms with E-state index in [0.717, 1.165) is 37.7 Å². The average molecular weight is 450 g/mol. The molecule has 0 spiro atoms. The molecule has 0 aromatic heterocycles. The summed E-state index contributed by atoms with van der Waals surface area (Å²) in [6, 6.07) is 9.76. The zero-order valence-corrected chi connectivity index (χ0v) is 19.4. The van der Waals surface area contributed by atoms with E-state index in [4.69, 9.17) is 0 Å². The summed E-state index contributed by atoms with van der Waals surface area (Å²) in [6.07, 6.45) is 13.7. The first-order valence-electron chi connectivity index (χ1n) is 11.9. The van der Waals surface area contributed by atoms with Crippen molar-refractivity contribution in [1.82, 2.24) is 5.32 Å². The first-order valence-corrected chi connectivity index (χ1v) is 11.9. The lowest BCUT2D eigenvalue weighted by molar-refractivity contribution is 0.0938. The SMILES string of the molecule is C/C=C/c1cc(C(=O)NCC2CCCCC2)c(F)c(F)c1C1=CC(Cc2ccc(C)cc2)=C1.[HH]. The Bertz CT molecular complexity index is 1130. The van der Waals surface area contributed by atoms with E-state index in [1.54, 1.807) is 12.2 Å². The maximum absolute atomic E-state index is 15.2. The molecule has 1 amide bonds. The molecule has 0 bridgehead atoms. The van der Waals surface area contributed by atoms with Crippen molar-refractivity contribution in [3.8, 4) is 0 Å². The maximum atomic E-state index is 15.2. The van der Waals surface area contributed by atoms with Crippen LogP contribution in [-0.2, 0) is 6.42 Å². The number of rotatable bonds is 7. The maximum Gasteiger partial charge on any atom is 0.254 e. The number of aryl methyl sites for hydroxylation is 1. The molecular formula is C29H33F2NO. The van der Waals surface area contributed by atoms with Gasteiger partial charge in [-0.05, 0) is 67.4 Å². The van der Waals surface area contributed by atoms with Crippen LogP contribution in [0.2, 0.25) is 0 Å². The highest BCUT2D eigenvalue weighted by Crippen LogP contribution is 2.36. The Morgan fingerprint density at radius 3 is 2.45 bits per heavy atom. The molecule has 0 saturated heterocycles. The molecule has 2 aliphatic rings. The highest BCUT2D eigenvalue weighted by atomic mass is 19.2. The molecule has 0 atom stereocenters. The molecule has 2 aliphatic carbocycles. The Morgan fingerprint density at radius 1 is 1.09 bits per heavy atom. The zero-order chi connectivity index (χ0) is 23.4.